The predicted octanol–water partition coefficient (Wildman–Crippen LogP) is 3.16. The quantitative estimate of drug-likeness (QED) is 0.165. The van der Waals surface area contributed by atoms with E-state index in [-0.39, 0.29) is 18.4 Å². The summed E-state index contributed by atoms with van der Waals surface area (Å²) in [5.74, 6) is -0.0826. The zero-order chi connectivity index (χ0) is 20.9. The van der Waals surface area contributed by atoms with E-state index < -0.39 is 0 Å². The van der Waals surface area contributed by atoms with Crippen molar-refractivity contribution in [2.24, 2.45) is 0 Å². The maximum absolute atomic E-state index is 11.6. The number of allylic oxidation sites excluding steroid dienone is 10. The number of halogens is 1. The molecule has 0 aliphatic rings. The van der Waals surface area contributed by atoms with Crippen molar-refractivity contribution in [3.8, 4) is 0 Å². The topological polar surface area (TPSA) is 26.3 Å². The second-order valence-electron chi connectivity index (χ2n) is 7.83. The van der Waals surface area contributed by atoms with Crippen LogP contribution in [0.4, 0.5) is 0 Å². The van der Waals surface area contributed by atoms with Gasteiger partial charge >= 0.3 is 5.97 Å². The number of hydrogen-bond donors (Lipinski definition) is 0. The van der Waals surface area contributed by atoms with E-state index in [1.165, 1.54) is 0 Å². The van der Waals surface area contributed by atoms with Crippen LogP contribution in [-0.2, 0) is 9.53 Å². The third-order valence-electron chi connectivity index (χ3n) is 3.93. The summed E-state index contributed by atoms with van der Waals surface area (Å²) >= 11 is 0. The third-order valence-corrected chi connectivity index (χ3v) is 3.93. The lowest BCUT2D eigenvalue weighted by atomic mass is 10.2. The van der Waals surface area contributed by atoms with Crippen LogP contribution in [0.5, 0.6) is 0 Å². The van der Waals surface area contributed by atoms with Crippen molar-refractivity contribution in [3.05, 3.63) is 60.8 Å². The first-order chi connectivity index (χ1) is 13.5. The molecule has 0 aromatic carbocycles. The highest BCUT2D eigenvalue weighted by atomic mass is 35.5. The van der Waals surface area contributed by atoms with Gasteiger partial charge in [0, 0.05) is 6.42 Å². The van der Waals surface area contributed by atoms with E-state index in [1.807, 2.05) is 0 Å². The monoisotopic (exact) mass is 423 g/mol. The molecule has 0 bridgehead atoms. The second kappa shape index (κ2) is 21.1. The van der Waals surface area contributed by atoms with Gasteiger partial charge < -0.3 is 21.6 Å². The lowest BCUT2D eigenvalue weighted by Gasteiger charge is -2.23. The first kappa shape index (κ1) is 29.6. The van der Waals surface area contributed by atoms with Gasteiger partial charge in [-0.05, 0) is 44.9 Å². The SMILES string of the molecule is CC/C=C\CC=CCC=CC/C=C\C/C=C\CCCC(=O)OCC[N+](C)(C)C.[Cl-]. The zero-order valence-electron chi connectivity index (χ0n) is 19.0. The molecule has 0 spiro atoms. The molecule has 166 valence electrons. The number of quaternary nitrogens is 1. The standard InChI is InChI=1S/C25H42NO2.ClH/c1-5-6-7-8-9-10-11-12-13-14-15-16-17-18-19-20-21-22-25(27)28-24-23-26(2,3)4;/h6-7,9-10,12-13,15-16,18-19H,5,8,11,14,17,20-24H2,1-4H3;1H/q+1;/p-1/b7-6-,10-9?,13-12?,16-15-,19-18-;. The normalized spacial score (nSPS) is 12.7. The van der Waals surface area contributed by atoms with Crippen LogP contribution in [0.1, 0.15) is 58.3 Å². The molecular formula is C25H42ClNO2. The molecule has 0 rings (SSSR count). The van der Waals surface area contributed by atoms with E-state index >= 15 is 0 Å². The molecule has 0 amide bonds. The van der Waals surface area contributed by atoms with Gasteiger partial charge in [0.15, 0.2) is 0 Å². The molecular weight excluding hydrogens is 382 g/mol. The van der Waals surface area contributed by atoms with Gasteiger partial charge in [0.1, 0.15) is 13.2 Å². The van der Waals surface area contributed by atoms with Crippen molar-refractivity contribution in [3.63, 3.8) is 0 Å². The Morgan fingerprint density at radius 2 is 1.21 bits per heavy atom. The predicted molar refractivity (Wildman–Crippen MR) is 122 cm³/mol. The Kier molecular flexibility index (Phi) is 21.6. The van der Waals surface area contributed by atoms with E-state index in [2.05, 4.69) is 88.8 Å². The van der Waals surface area contributed by atoms with Gasteiger partial charge in [-0.3, -0.25) is 4.79 Å². The number of esters is 1. The summed E-state index contributed by atoms with van der Waals surface area (Å²) < 4.78 is 6.06. The van der Waals surface area contributed by atoms with Gasteiger partial charge in [-0.15, -0.1) is 0 Å². The van der Waals surface area contributed by atoms with Crippen LogP contribution in [0.3, 0.4) is 0 Å². The van der Waals surface area contributed by atoms with E-state index in [9.17, 15) is 4.79 Å². The molecule has 3 nitrogen and oxygen atoms in total. The van der Waals surface area contributed by atoms with Crippen LogP contribution in [0.2, 0.25) is 0 Å². The molecule has 0 radical (unpaired) electrons. The Hall–Kier alpha value is -1.58. The summed E-state index contributed by atoms with van der Waals surface area (Å²) in [4.78, 5) is 11.6. The second-order valence-corrected chi connectivity index (χ2v) is 7.83. The van der Waals surface area contributed by atoms with Crippen molar-refractivity contribution in [1.29, 1.82) is 0 Å². The fourth-order valence-electron chi connectivity index (χ4n) is 2.24. The van der Waals surface area contributed by atoms with Gasteiger partial charge in [0.25, 0.3) is 0 Å². The number of carbonyl (C=O) groups is 1. The van der Waals surface area contributed by atoms with Crippen molar-refractivity contribution in [1.82, 2.24) is 0 Å². The molecule has 0 heterocycles. The fourth-order valence-corrected chi connectivity index (χ4v) is 2.24. The molecule has 0 atom stereocenters. The number of ether oxygens (including phenoxy) is 1. The van der Waals surface area contributed by atoms with Gasteiger partial charge in [-0.25, -0.2) is 0 Å². The molecule has 4 heteroatoms. The number of carbonyl (C=O) groups excluding carboxylic acids is 1. The molecule has 0 unspecified atom stereocenters. The van der Waals surface area contributed by atoms with Crippen molar-refractivity contribution in [2.45, 2.75) is 58.3 Å². The molecule has 0 saturated carbocycles. The van der Waals surface area contributed by atoms with Crippen LogP contribution in [0, 0.1) is 0 Å². The highest BCUT2D eigenvalue weighted by Crippen LogP contribution is 2.01. The number of unbranched alkanes of at least 4 members (excludes halogenated alkanes) is 1. The summed E-state index contributed by atoms with van der Waals surface area (Å²) in [6.07, 6.45) is 29.3. The van der Waals surface area contributed by atoms with E-state index in [1.54, 1.807) is 0 Å². The Bertz CT molecular complexity index is 525. The van der Waals surface area contributed by atoms with E-state index in [0.717, 1.165) is 56.0 Å². The highest BCUT2D eigenvalue weighted by Gasteiger charge is 2.08. The summed E-state index contributed by atoms with van der Waals surface area (Å²) in [6, 6.07) is 0. The number of rotatable bonds is 16. The maximum Gasteiger partial charge on any atom is 0.306 e. The van der Waals surface area contributed by atoms with Crippen LogP contribution in [-0.4, -0.2) is 44.7 Å². The first-order valence-corrected chi connectivity index (χ1v) is 10.7. The average molecular weight is 424 g/mol. The molecule has 0 aliphatic heterocycles. The first-order valence-electron chi connectivity index (χ1n) is 10.7. The van der Waals surface area contributed by atoms with Gasteiger partial charge in [-0.1, -0.05) is 67.7 Å². The van der Waals surface area contributed by atoms with Crippen molar-refractivity contribution >= 4 is 5.97 Å². The molecule has 0 aromatic heterocycles. The molecule has 0 N–H and O–H groups in total. The summed E-state index contributed by atoms with van der Waals surface area (Å²) in [7, 11) is 6.28. The largest absolute Gasteiger partial charge is 1.00 e. The van der Waals surface area contributed by atoms with Gasteiger partial charge in [0.05, 0.1) is 21.1 Å². The Labute approximate surface area is 185 Å². The molecule has 0 aliphatic carbocycles. The lowest BCUT2D eigenvalue weighted by Crippen LogP contribution is -3.00. The Morgan fingerprint density at radius 3 is 1.66 bits per heavy atom. The van der Waals surface area contributed by atoms with Crippen molar-refractivity contribution in [2.75, 3.05) is 34.3 Å². The number of hydrogen-bond acceptors (Lipinski definition) is 2. The zero-order valence-corrected chi connectivity index (χ0v) is 19.7. The summed E-state index contributed by atoms with van der Waals surface area (Å²) in [5, 5.41) is 0. The Balaban J connectivity index is 0. The van der Waals surface area contributed by atoms with Gasteiger partial charge in [-0.2, -0.15) is 0 Å². The summed E-state index contributed by atoms with van der Waals surface area (Å²) in [5.41, 5.74) is 0. The highest BCUT2D eigenvalue weighted by molar-refractivity contribution is 5.69. The van der Waals surface area contributed by atoms with Crippen LogP contribution in [0.15, 0.2) is 60.8 Å². The van der Waals surface area contributed by atoms with Crippen LogP contribution in [0.25, 0.3) is 0 Å². The van der Waals surface area contributed by atoms with Gasteiger partial charge in [0.2, 0.25) is 0 Å². The average Bonchev–Trinajstić information content (AvgIpc) is 2.63. The minimum Gasteiger partial charge on any atom is -1.00 e. The number of likely N-dealkylation sites (N-methyl/N-ethyl adjacent to an activating group) is 1. The Morgan fingerprint density at radius 1 is 0.759 bits per heavy atom. The molecule has 0 aromatic rings. The molecule has 0 fully saturated rings. The lowest BCUT2D eigenvalue weighted by molar-refractivity contribution is -0.870. The maximum atomic E-state index is 11.6. The smallest absolute Gasteiger partial charge is 0.306 e. The summed E-state index contributed by atoms with van der Waals surface area (Å²) in [6.45, 7) is 3.50. The van der Waals surface area contributed by atoms with Crippen LogP contribution >= 0.6 is 0 Å². The minimum absolute atomic E-state index is 0. The molecule has 0 saturated heterocycles. The van der Waals surface area contributed by atoms with Crippen LogP contribution < -0.4 is 12.4 Å². The fraction of sp³-hybridized carbons (Fsp3) is 0.560. The molecule has 29 heavy (non-hydrogen) atoms. The van der Waals surface area contributed by atoms with E-state index in [0.29, 0.717) is 13.0 Å². The third kappa shape index (κ3) is 26.4. The van der Waals surface area contributed by atoms with E-state index in [4.69, 9.17) is 4.74 Å². The number of nitrogens with zero attached hydrogens (tertiary/aromatic N) is 1. The van der Waals surface area contributed by atoms with Crippen molar-refractivity contribution < 1.29 is 26.4 Å². The minimum atomic E-state index is -0.0826.